The number of rotatable bonds is 4. The van der Waals surface area contributed by atoms with E-state index in [1.807, 2.05) is 6.07 Å². The lowest BCUT2D eigenvalue weighted by Gasteiger charge is -2.60. The average molecular weight is 313 g/mol. The zero-order valence-corrected chi connectivity index (χ0v) is 13.2. The normalized spacial score (nSPS) is 37.3. The standard InChI is InChI=1S/C19H23NO3/c20-19(17(22)23,16(21)15-4-2-1-3-5-15)18-9-12-6-13(10-18)8-14(7-12)11-18/h1-5,12-14H,6-11,20H2,(H,22,23). The van der Waals surface area contributed by atoms with Crippen LogP contribution < -0.4 is 5.73 Å². The molecule has 1 aromatic rings. The molecule has 1 unspecified atom stereocenters. The number of hydrogen-bond acceptors (Lipinski definition) is 3. The zero-order valence-electron chi connectivity index (χ0n) is 13.2. The molecule has 4 fully saturated rings. The van der Waals surface area contributed by atoms with Gasteiger partial charge in [0.2, 0.25) is 0 Å². The average Bonchev–Trinajstić information content (AvgIpc) is 2.52. The topological polar surface area (TPSA) is 80.4 Å². The van der Waals surface area contributed by atoms with E-state index in [0.717, 1.165) is 19.3 Å². The number of ketones is 1. The van der Waals surface area contributed by atoms with Crippen LogP contribution in [0.15, 0.2) is 30.3 Å². The van der Waals surface area contributed by atoms with Gasteiger partial charge in [0.1, 0.15) is 0 Å². The van der Waals surface area contributed by atoms with E-state index in [2.05, 4.69) is 0 Å². The summed E-state index contributed by atoms with van der Waals surface area (Å²) < 4.78 is 0. The molecule has 1 atom stereocenters. The summed E-state index contributed by atoms with van der Waals surface area (Å²) in [5, 5.41) is 9.98. The van der Waals surface area contributed by atoms with Crippen molar-refractivity contribution in [3.8, 4) is 0 Å². The summed E-state index contributed by atoms with van der Waals surface area (Å²) in [5.41, 5.74) is 4.51. The zero-order chi connectivity index (χ0) is 16.2. The van der Waals surface area contributed by atoms with Crippen molar-refractivity contribution < 1.29 is 14.7 Å². The van der Waals surface area contributed by atoms with E-state index in [0.29, 0.717) is 23.3 Å². The molecule has 0 aliphatic heterocycles. The molecule has 4 heteroatoms. The fraction of sp³-hybridized carbons (Fsp3) is 0.579. The fourth-order valence-electron chi connectivity index (χ4n) is 5.98. The Morgan fingerprint density at radius 2 is 1.48 bits per heavy atom. The second-order valence-corrected chi connectivity index (χ2v) is 8.01. The van der Waals surface area contributed by atoms with Crippen LogP contribution in [-0.4, -0.2) is 22.4 Å². The smallest absolute Gasteiger partial charge is 0.332 e. The lowest BCUT2D eigenvalue weighted by Crippen LogP contribution is -2.70. The molecule has 4 aliphatic rings. The Bertz CT molecular complexity index is 619. The summed E-state index contributed by atoms with van der Waals surface area (Å²) in [6, 6.07) is 8.69. The number of hydrogen-bond donors (Lipinski definition) is 2. The molecule has 4 saturated carbocycles. The lowest BCUT2D eigenvalue weighted by atomic mass is 9.44. The van der Waals surface area contributed by atoms with Crippen molar-refractivity contribution in [2.24, 2.45) is 28.9 Å². The van der Waals surface area contributed by atoms with E-state index in [9.17, 15) is 14.7 Å². The van der Waals surface area contributed by atoms with E-state index < -0.39 is 22.7 Å². The number of carboxylic acid groups (broad SMARTS) is 1. The molecule has 3 N–H and O–H groups in total. The molecule has 1 aromatic carbocycles. The van der Waals surface area contributed by atoms with Crippen molar-refractivity contribution >= 4 is 11.8 Å². The summed E-state index contributed by atoms with van der Waals surface area (Å²) in [5.74, 6) is 0.0622. The van der Waals surface area contributed by atoms with Gasteiger partial charge in [0, 0.05) is 11.0 Å². The molecular formula is C19H23NO3. The molecule has 23 heavy (non-hydrogen) atoms. The molecule has 0 radical (unpaired) electrons. The highest BCUT2D eigenvalue weighted by atomic mass is 16.4. The SMILES string of the molecule is NC(C(=O)O)(C(=O)c1ccccc1)C12CC3CC(CC(C3)C1)C2. The molecule has 0 spiro atoms. The van der Waals surface area contributed by atoms with Crippen molar-refractivity contribution in [1.82, 2.24) is 0 Å². The first-order valence-electron chi connectivity index (χ1n) is 8.57. The Balaban J connectivity index is 1.79. The van der Waals surface area contributed by atoms with Gasteiger partial charge in [-0.25, -0.2) is 4.79 Å². The van der Waals surface area contributed by atoms with E-state index in [1.165, 1.54) is 19.3 Å². The van der Waals surface area contributed by atoms with Gasteiger partial charge in [-0.1, -0.05) is 30.3 Å². The highest BCUT2D eigenvalue weighted by Crippen LogP contribution is 2.63. The quantitative estimate of drug-likeness (QED) is 0.661. The highest BCUT2D eigenvalue weighted by Gasteiger charge is 2.65. The van der Waals surface area contributed by atoms with Crippen molar-refractivity contribution in [3.05, 3.63) is 35.9 Å². The van der Waals surface area contributed by atoms with Gasteiger partial charge in [0.15, 0.2) is 11.3 Å². The number of aliphatic carboxylic acids is 1. The van der Waals surface area contributed by atoms with Crippen LogP contribution >= 0.6 is 0 Å². The molecule has 0 amide bonds. The minimum Gasteiger partial charge on any atom is -0.480 e. The molecule has 0 heterocycles. The van der Waals surface area contributed by atoms with E-state index in [1.54, 1.807) is 24.3 Å². The van der Waals surface area contributed by atoms with Crippen molar-refractivity contribution in [3.63, 3.8) is 0 Å². The Morgan fingerprint density at radius 3 is 1.91 bits per heavy atom. The fourth-order valence-corrected chi connectivity index (χ4v) is 5.98. The van der Waals surface area contributed by atoms with Crippen molar-refractivity contribution in [1.29, 1.82) is 0 Å². The Hall–Kier alpha value is -1.68. The Morgan fingerprint density at radius 1 is 1.00 bits per heavy atom. The molecule has 4 bridgehead atoms. The van der Waals surface area contributed by atoms with Crippen LogP contribution in [0.3, 0.4) is 0 Å². The molecule has 122 valence electrons. The highest BCUT2D eigenvalue weighted by molar-refractivity contribution is 6.16. The Labute approximate surface area is 136 Å². The van der Waals surface area contributed by atoms with Gasteiger partial charge in [0.05, 0.1) is 0 Å². The van der Waals surface area contributed by atoms with E-state index >= 15 is 0 Å². The molecule has 4 nitrogen and oxygen atoms in total. The third-order valence-electron chi connectivity index (χ3n) is 6.61. The van der Waals surface area contributed by atoms with Crippen LogP contribution in [0.2, 0.25) is 0 Å². The second-order valence-electron chi connectivity index (χ2n) is 8.01. The van der Waals surface area contributed by atoms with Crippen molar-refractivity contribution in [2.75, 3.05) is 0 Å². The summed E-state index contributed by atoms with van der Waals surface area (Å²) in [7, 11) is 0. The van der Waals surface area contributed by atoms with Gasteiger partial charge in [-0.05, 0) is 56.3 Å². The van der Waals surface area contributed by atoms with Gasteiger partial charge >= 0.3 is 5.97 Å². The first kappa shape index (κ1) is 14.9. The van der Waals surface area contributed by atoms with Gasteiger partial charge in [-0.15, -0.1) is 0 Å². The molecule has 4 aliphatic carbocycles. The lowest BCUT2D eigenvalue weighted by molar-refractivity contribution is -0.156. The third-order valence-corrected chi connectivity index (χ3v) is 6.61. The summed E-state index contributed by atoms with van der Waals surface area (Å²) in [6.45, 7) is 0. The number of carboxylic acids is 1. The van der Waals surface area contributed by atoms with E-state index in [4.69, 9.17) is 5.73 Å². The van der Waals surface area contributed by atoms with Crippen LogP contribution in [0.1, 0.15) is 48.9 Å². The molecule has 0 aromatic heterocycles. The predicted octanol–water partition coefficient (Wildman–Crippen LogP) is 2.87. The number of nitrogens with two attached hydrogens (primary N) is 1. The third kappa shape index (κ3) is 2.01. The molecular weight excluding hydrogens is 290 g/mol. The predicted molar refractivity (Wildman–Crippen MR) is 85.9 cm³/mol. The monoisotopic (exact) mass is 313 g/mol. The van der Waals surface area contributed by atoms with Gasteiger partial charge in [0.25, 0.3) is 0 Å². The van der Waals surface area contributed by atoms with Crippen molar-refractivity contribution in [2.45, 2.75) is 44.1 Å². The second kappa shape index (κ2) is 4.91. The van der Waals surface area contributed by atoms with Gasteiger partial charge < -0.3 is 10.8 Å². The minimum atomic E-state index is -1.80. The maximum absolute atomic E-state index is 13.1. The summed E-state index contributed by atoms with van der Waals surface area (Å²) in [6.07, 6.45) is 5.94. The molecule has 0 saturated heterocycles. The number of carbonyl (C=O) groups excluding carboxylic acids is 1. The first-order chi connectivity index (χ1) is 10.9. The first-order valence-corrected chi connectivity index (χ1v) is 8.57. The Kier molecular flexibility index (Phi) is 3.17. The number of Topliss-reactive ketones (excluding diaryl/α,β-unsaturated/α-hetero) is 1. The van der Waals surface area contributed by atoms with Gasteiger partial charge in [-0.3, -0.25) is 4.79 Å². The van der Waals surface area contributed by atoms with Crippen LogP contribution in [0.25, 0.3) is 0 Å². The largest absolute Gasteiger partial charge is 0.480 e. The van der Waals surface area contributed by atoms with Crippen LogP contribution in [0, 0.1) is 23.2 Å². The maximum Gasteiger partial charge on any atom is 0.332 e. The summed E-state index contributed by atoms with van der Waals surface area (Å²) in [4.78, 5) is 25.3. The maximum atomic E-state index is 13.1. The number of benzene rings is 1. The number of carbonyl (C=O) groups is 2. The summed E-state index contributed by atoms with van der Waals surface area (Å²) >= 11 is 0. The van der Waals surface area contributed by atoms with Gasteiger partial charge in [-0.2, -0.15) is 0 Å². The van der Waals surface area contributed by atoms with Crippen LogP contribution in [0.5, 0.6) is 0 Å². The van der Waals surface area contributed by atoms with E-state index in [-0.39, 0.29) is 0 Å². The van der Waals surface area contributed by atoms with Crippen LogP contribution in [0.4, 0.5) is 0 Å². The van der Waals surface area contributed by atoms with Crippen LogP contribution in [-0.2, 0) is 4.79 Å². The molecule has 5 rings (SSSR count). The minimum absolute atomic E-state index is 0.410.